The van der Waals surface area contributed by atoms with Crippen molar-refractivity contribution in [3.05, 3.63) is 41.4 Å². The predicted molar refractivity (Wildman–Crippen MR) is 57.5 cm³/mol. The highest BCUT2D eigenvalue weighted by molar-refractivity contribution is 6.47. The first-order chi connectivity index (χ1) is 7.09. The van der Waals surface area contributed by atoms with Crippen LogP contribution in [-0.2, 0) is 9.59 Å². The zero-order valence-corrected chi connectivity index (χ0v) is 8.23. The number of hydrogen-bond acceptors (Lipinski definition) is 2. The molecule has 1 aromatic rings. The molecule has 15 heavy (non-hydrogen) atoms. The molecule has 0 bridgehead atoms. The summed E-state index contributed by atoms with van der Waals surface area (Å²) in [6.45, 7) is 1.93. The normalized spacial score (nSPS) is 15.8. The number of amides is 2. The Morgan fingerprint density at radius 1 is 1.13 bits per heavy atom. The van der Waals surface area contributed by atoms with Gasteiger partial charge < -0.3 is 0 Å². The maximum Gasteiger partial charge on any atom is 0.257 e. The Kier molecular flexibility index (Phi) is 2.19. The molecule has 72 valence electrons. The van der Waals surface area contributed by atoms with Crippen LogP contribution in [0.15, 0.2) is 35.8 Å². The minimum absolute atomic E-state index is 0.0134. The summed E-state index contributed by atoms with van der Waals surface area (Å²) in [6, 6.07) is 7.12. The number of aryl methyl sites for hydroxylation is 1. The molecule has 1 aliphatic rings. The van der Waals surface area contributed by atoms with Gasteiger partial charge in [0.25, 0.3) is 11.8 Å². The third-order valence-electron chi connectivity index (χ3n) is 2.24. The minimum atomic E-state index is -0.455. The highest BCUT2D eigenvalue weighted by Gasteiger charge is 2.28. The second kappa shape index (κ2) is 3.39. The van der Waals surface area contributed by atoms with Gasteiger partial charge in [-0.3, -0.25) is 9.59 Å². The number of imide groups is 1. The van der Waals surface area contributed by atoms with Crippen LogP contribution < -0.4 is 4.90 Å². The lowest BCUT2D eigenvalue weighted by Crippen LogP contribution is -2.30. The lowest BCUT2D eigenvalue weighted by atomic mass is 9.96. The smallest absolute Gasteiger partial charge is 0.257 e. The molecule has 0 aromatic heterocycles. The van der Waals surface area contributed by atoms with Crippen molar-refractivity contribution in [1.29, 1.82) is 0 Å². The van der Waals surface area contributed by atoms with Crippen LogP contribution in [0.5, 0.6) is 0 Å². The van der Waals surface area contributed by atoms with Crippen LogP contribution in [0.2, 0.25) is 0 Å². The summed E-state index contributed by atoms with van der Waals surface area (Å²) in [7, 11) is 5.38. The summed E-state index contributed by atoms with van der Waals surface area (Å²) >= 11 is 0. The first kappa shape index (κ1) is 9.71. The summed E-state index contributed by atoms with van der Waals surface area (Å²) in [5, 5.41) is 0. The second-order valence-electron chi connectivity index (χ2n) is 3.41. The molecule has 0 saturated heterocycles. The summed E-state index contributed by atoms with van der Waals surface area (Å²) in [5.41, 5.74) is 1.60. The van der Waals surface area contributed by atoms with Crippen molar-refractivity contribution in [3.63, 3.8) is 0 Å². The highest BCUT2D eigenvalue weighted by Crippen LogP contribution is 2.21. The first-order valence-electron chi connectivity index (χ1n) is 4.52. The summed E-state index contributed by atoms with van der Waals surface area (Å²) in [4.78, 5) is 24.0. The molecule has 0 aliphatic carbocycles. The van der Waals surface area contributed by atoms with E-state index in [2.05, 4.69) is 0 Å². The number of nitrogens with zero attached hydrogens (tertiary/aromatic N) is 1. The Labute approximate surface area is 88.8 Å². The van der Waals surface area contributed by atoms with Gasteiger partial charge in [0.1, 0.15) is 7.85 Å². The summed E-state index contributed by atoms with van der Waals surface area (Å²) in [6.07, 6.45) is 1.14. The highest BCUT2D eigenvalue weighted by atomic mass is 16.2. The second-order valence-corrected chi connectivity index (χ2v) is 3.41. The number of anilines is 1. The lowest BCUT2D eigenvalue weighted by Gasteiger charge is -2.14. The quantitative estimate of drug-likeness (QED) is 0.495. The first-order valence-corrected chi connectivity index (χ1v) is 4.52. The number of carbonyl (C=O) groups excluding carboxylic acids is 2. The SMILES string of the molecule is [B]C1=CC(=O)N(c2ccc(C)cc2)C1=O. The molecule has 1 aliphatic heterocycles. The van der Waals surface area contributed by atoms with Crippen molar-refractivity contribution in [2.45, 2.75) is 6.92 Å². The maximum absolute atomic E-state index is 11.5. The van der Waals surface area contributed by atoms with Crippen LogP contribution in [0.25, 0.3) is 0 Å². The van der Waals surface area contributed by atoms with E-state index in [1.165, 1.54) is 0 Å². The molecule has 0 fully saturated rings. The number of rotatable bonds is 1. The molecular formula is C11H8BNO2. The fourth-order valence-corrected chi connectivity index (χ4v) is 1.43. The van der Waals surface area contributed by atoms with E-state index in [0.29, 0.717) is 5.69 Å². The molecule has 2 rings (SSSR count). The molecule has 0 saturated carbocycles. The molecule has 2 radical (unpaired) electrons. The van der Waals surface area contributed by atoms with E-state index in [1.807, 2.05) is 19.1 Å². The van der Waals surface area contributed by atoms with Gasteiger partial charge in [-0.1, -0.05) is 17.7 Å². The third-order valence-corrected chi connectivity index (χ3v) is 2.24. The molecule has 1 heterocycles. The standard InChI is InChI=1S/C11H8BNO2/c1-7-2-4-8(5-3-7)13-10(14)6-9(12)11(13)15/h2-6H,1H3. The van der Waals surface area contributed by atoms with E-state index in [1.54, 1.807) is 12.1 Å². The minimum Gasteiger partial charge on any atom is -0.270 e. The molecule has 0 atom stereocenters. The fraction of sp³-hybridized carbons (Fsp3) is 0.0909. The Balaban J connectivity index is 2.38. The molecule has 3 nitrogen and oxygen atoms in total. The largest absolute Gasteiger partial charge is 0.270 e. The Morgan fingerprint density at radius 2 is 1.73 bits per heavy atom. The number of carbonyl (C=O) groups is 2. The summed E-state index contributed by atoms with van der Waals surface area (Å²) < 4.78 is 0. The van der Waals surface area contributed by atoms with Gasteiger partial charge in [-0.25, -0.2) is 4.90 Å². The van der Waals surface area contributed by atoms with E-state index in [-0.39, 0.29) is 11.4 Å². The fourth-order valence-electron chi connectivity index (χ4n) is 1.43. The van der Waals surface area contributed by atoms with E-state index in [4.69, 9.17) is 7.85 Å². The summed E-state index contributed by atoms with van der Waals surface area (Å²) in [5.74, 6) is -0.842. The molecular weight excluding hydrogens is 189 g/mol. The van der Waals surface area contributed by atoms with Gasteiger partial charge in [0.15, 0.2) is 0 Å². The van der Waals surface area contributed by atoms with Crippen LogP contribution in [0.3, 0.4) is 0 Å². The predicted octanol–water partition coefficient (Wildman–Crippen LogP) is 0.921. The van der Waals surface area contributed by atoms with Gasteiger partial charge in [-0.2, -0.15) is 0 Å². The van der Waals surface area contributed by atoms with Gasteiger partial charge in [0, 0.05) is 6.08 Å². The number of benzene rings is 1. The van der Waals surface area contributed by atoms with Crippen LogP contribution in [0.4, 0.5) is 5.69 Å². The Morgan fingerprint density at radius 3 is 2.20 bits per heavy atom. The van der Waals surface area contributed by atoms with Gasteiger partial charge in [0.2, 0.25) is 0 Å². The van der Waals surface area contributed by atoms with Crippen molar-refractivity contribution in [1.82, 2.24) is 0 Å². The zero-order chi connectivity index (χ0) is 11.0. The van der Waals surface area contributed by atoms with E-state index < -0.39 is 5.91 Å². The molecule has 0 N–H and O–H groups in total. The van der Waals surface area contributed by atoms with Crippen LogP contribution >= 0.6 is 0 Å². The number of hydrogen-bond donors (Lipinski definition) is 0. The van der Waals surface area contributed by atoms with E-state index >= 15 is 0 Å². The molecule has 2 amide bonds. The monoisotopic (exact) mass is 197 g/mol. The average Bonchev–Trinajstić information content (AvgIpc) is 2.44. The Hall–Kier alpha value is -1.84. The van der Waals surface area contributed by atoms with E-state index in [9.17, 15) is 9.59 Å². The van der Waals surface area contributed by atoms with Gasteiger partial charge in [0.05, 0.1) is 5.69 Å². The van der Waals surface area contributed by atoms with Crippen LogP contribution in [0, 0.1) is 6.92 Å². The van der Waals surface area contributed by atoms with Crippen molar-refractivity contribution < 1.29 is 9.59 Å². The lowest BCUT2D eigenvalue weighted by molar-refractivity contribution is -0.120. The zero-order valence-electron chi connectivity index (χ0n) is 8.23. The molecule has 1 aromatic carbocycles. The van der Waals surface area contributed by atoms with Crippen molar-refractivity contribution in [2.24, 2.45) is 0 Å². The van der Waals surface area contributed by atoms with E-state index in [0.717, 1.165) is 16.5 Å². The van der Waals surface area contributed by atoms with Crippen molar-refractivity contribution in [2.75, 3.05) is 4.90 Å². The van der Waals surface area contributed by atoms with Gasteiger partial charge in [-0.15, -0.1) is 0 Å². The maximum atomic E-state index is 11.5. The third kappa shape index (κ3) is 1.58. The molecule has 0 unspecified atom stereocenters. The Bertz CT molecular complexity index is 462. The van der Waals surface area contributed by atoms with Crippen LogP contribution in [-0.4, -0.2) is 19.7 Å². The average molecular weight is 197 g/mol. The van der Waals surface area contributed by atoms with Crippen molar-refractivity contribution >= 4 is 25.3 Å². The van der Waals surface area contributed by atoms with Crippen molar-refractivity contribution in [3.8, 4) is 0 Å². The molecule has 0 spiro atoms. The molecule has 4 heteroatoms. The van der Waals surface area contributed by atoms with Gasteiger partial charge >= 0.3 is 0 Å². The topological polar surface area (TPSA) is 37.4 Å². The van der Waals surface area contributed by atoms with Crippen LogP contribution in [0.1, 0.15) is 5.56 Å². The van der Waals surface area contributed by atoms with Gasteiger partial charge in [-0.05, 0) is 24.5 Å².